The Morgan fingerprint density at radius 1 is 1.22 bits per heavy atom. The van der Waals surface area contributed by atoms with Crippen molar-refractivity contribution >= 4 is 18.1 Å². The first-order valence-electron chi connectivity index (χ1n) is 10.5. The van der Waals surface area contributed by atoms with Crippen LogP contribution in [0.4, 0.5) is 15.5 Å². The highest BCUT2D eigenvalue weighted by atomic mass is 16.6. The Kier molecular flexibility index (Phi) is 6.63. The first-order valence-corrected chi connectivity index (χ1v) is 10.5. The lowest BCUT2D eigenvalue weighted by atomic mass is 10.1. The summed E-state index contributed by atoms with van der Waals surface area (Å²) in [6.07, 6.45) is 0.718. The van der Waals surface area contributed by atoms with E-state index in [2.05, 4.69) is 25.8 Å². The summed E-state index contributed by atoms with van der Waals surface area (Å²) in [6, 6.07) is 8.53. The maximum atomic E-state index is 12.8. The smallest absolute Gasteiger partial charge is 0.412 e. The molecule has 0 saturated carbocycles. The molecule has 0 radical (unpaired) electrons. The largest absolute Gasteiger partial charge is 0.444 e. The van der Waals surface area contributed by atoms with E-state index in [1.165, 1.54) is 11.1 Å². The Hall–Kier alpha value is -3.27. The maximum absolute atomic E-state index is 12.8. The number of hydrogen-bond acceptors (Lipinski definition) is 7. The quantitative estimate of drug-likeness (QED) is 0.745. The standard InChI is InChI=1S/C22H30N6O4/c1-14-17(28(22(5,6)31-14)20(30)32-21(2,3)4)13-23-19(29)26-18-25-16(12-24-27-18)15-10-8-7-9-11-15/h7-12,14,17H,13H2,1-6H3,(H2,23,25,26,27,29). The molecule has 2 unspecified atom stereocenters. The predicted molar refractivity (Wildman–Crippen MR) is 119 cm³/mol. The van der Waals surface area contributed by atoms with Crippen LogP contribution in [-0.4, -0.2) is 62.2 Å². The lowest BCUT2D eigenvalue weighted by Gasteiger charge is -2.35. The minimum Gasteiger partial charge on any atom is -0.444 e. The molecule has 1 saturated heterocycles. The van der Waals surface area contributed by atoms with E-state index >= 15 is 0 Å². The number of nitrogens with one attached hydrogen (secondary N) is 2. The molecular formula is C22H30N6O4. The van der Waals surface area contributed by atoms with Crippen molar-refractivity contribution in [2.75, 3.05) is 11.9 Å². The number of carbonyl (C=O) groups is 2. The second-order valence-electron chi connectivity index (χ2n) is 9.05. The maximum Gasteiger partial charge on any atom is 0.412 e. The Labute approximate surface area is 187 Å². The van der Waals surface area contributed by atoms with Crippen LogP contribution in [0.3, 0.4) is 0 Å². The van der Waals surface area contributed by atoms with Crippen molar-refractivity contribution in [3.05, 3.63) is 36.5 Å². The molecule has 1 aliphatic heterocycles. The third kappa shape index (κ3) is 5.70. The van der Waals surface area contributed by atoms with E-state index in [1.807, 2.05) is 37.3 Å². The van der Waals surface area contributed by atoms with Gasteiger partial charge in [-0.25, -0.2) is 14.6 Å². The van der Waals surface area contributed by atoms with Crippen molar-refractivity contribution in [1.29, 1.82) is 0 Å². The number of anilines is 1. The fourth-order valence-electron chi connectivity index (χ4n) is 3.57. The van der Waals surface area contributed by atoms with Gasteiger partial charge in [-0.15, -0.1) is 5.10 Å². The van der Waals surface area contributed by atoms with Crippen LogP contribution in [0.5, 0.6) is 0 Å². The van der Waals surface area contributed by atoms with E-state index in [-0.39, 0.29) is 18.6 Å². The number of hydrogen-bond donors (Lipinski definition) is 2. The summed E-state index contributed by atoms with van der Waals surface area (Å²) in [4.78, 5) is 31.1. The molecule has 32 heavy (non-hydrogen) atoms. The molecule has 10 heteroatoms. The van der Waals surface area contributed by atoms with Crippen LogP contribution < -0.4 is 10.6 Å². The number of carbonyl (C=O) groups excluding carboxylic acids is 2. The lowest BCUT2D eigenvalue weighted by Crippen LogP contribution is -2.53. The molecule has 2 aromatic rings. The molecule has 0 bridgehead atoms. The molecule has 172 valence electrons. The molecular weight excluding hydrogens is 412 g/mol. The van der Waals surface area contributed by atoms with Crippen molar-refractivity contribution in [3.8, 4) is 11.3 Å². The molecule has 1 fully saturated rings. The molecule has 3 amide bonds. The summed E-state index contributed by atoms with van der Waals surface area (Å²) in [5.74, 6) is 0.0731. The molecule has 2 N–H and O–H groups in total. The summed E-state index contributed by atoms with van der Waals surface area (Å²) in [6.45, 7) is 11.0. The Morgan fingerprint density at radius 2 is 1.91 bits per heavy atom. The van der Waals surface area contributed by atoms with Crippen molar-refractivity contribution in [1.82, 2.24) is 25.4 Å². The Morgan fingerprint density at radius 3 is 2.56 bits per heavy atom. The molecule has 1 aromatic carbocycles. The number of benzene rings is 1. The number of rotatable bonds is 4. The molecule has 3 rings (SSSR count). The van der Waals surface area contributed by atoms with E-state index in [4.69, 9.17) is 9.47 Å². The summed E-state index contributed by atoms with van der Waals surface area (Å²) in [5.41, 5.74) is -0.0750. The highest BCUT2D eigenvalue weighted by molar-refractivity contribution is 5.87. The second kappa shape index (κ2) is 9.07. The van der Waals surface area contributed by atoms with Gasteiger partial charge in [-0.3, -0.25) is 10.2 Å². The van der Waals surface area contributed by atoms with Crippen LogP contribution in [0.25, 0.3) is 11.3 Å². The predicted octanol–water partition coefficient (Wildman–Crippen LogP) is 3.42. The van der Waals surface area contributed by atoms with Crippen LogP contribution in [0.2, 0.25) is 0 Å². The average Bonchev–Trinajstić information content (AvgIpc) is 2.93. The van der Waals surface area contributed by atoms with Gasteiger partial charge in [-0.05, 0) is 41.5 Å². The fourth-order valence-corrected chi connectivity index (χ4v) is 3.57. The Bertz CT molecular complexity index is 960. The van der Waals surface area contributed by atoms with Gasteiger partial charge in [-0.2, -0.15) is 5.10 Å². The van der Waals surface area contributed by atoms with Gasteiger partial charge in [-0.1, -0.05) is 30.3 Å². The summed E-state index contributed by atoms with van der Waals surface area (Å²) in [5, 5.41) is 13.1. The number of ether oxygens (including phenoxy) is 2. The van der Waals surface area contributed by atoms with Gasteiger partial charge < -0.3 is 14.8 Å². The zero-order valence-electron chi connectivity index (χ0n) is 19.2. The van der Waals surface area contributed by atoms with E-state index in [0.717, 1.165) is 5.56 Å². The number of aromatic nitrogens is 3. The van der Waals surface area contributed by atoms with Crippen LogP contribution in [0.15, 0.2) is 36.5 Å². The van der Waals surface area contributed by atoms with E-state index in [0.29, 0.717) is 5.69 Å². The normalized spacial score (nSPS) is 20.0. The fraction of sp³-hybridized carbons (Fsp3) is 0.500. The van der Waals surface area contributed by atoms with E-state index in [1.54, 1.807) is 34.6 Å². The molecule has 1 aliphatic rings. The Balaban J connectivity index is 1.65. The third-order valence-corrected chi connectivity index (χ3v) is 4.84. The van der Waals surface area contributed by atoms with Crippen LogP contribution in [0.1, 0.15) is 41.5 Å². The zero-order valence-corrected chi connectivity index (χ0v) is 19.2. The van der Waals surface area contributed by atoms with Crippen molar-refractivity contribution in [2.45, 2.75) is 65.0 Å². The van der Waals surface area contributed by atoms with Gasteiger partial charge in [0.1, 0.15) is 11.3 Å². The van der Waals surface area contributed by atoms with E-state index < -0.39 is 29.5 Å². The topological polar surface area (TPSA) is 119 Å². The van der Waals surface area contributed by atoms with Gasteiger partial charge in [0.25, 0.3) is 5.95 Å². The monoisotopic (exact) mass is 442 g/mol. The van der Waals surface area contributed by atoms with Gasteiger partial charge in [0.15, 0.2) is 0 Å². The first kappa shape index (κ1) is 23.4. The van der Waals surface area contributed by atoms with Gasteiger partial charge in [0.05, 0.1) is 24.0 Å². The summed E-state index contributed by atoms with van der Waals surface area (Å²) < 4.78 is 11.5. The second-order valence-corrected chi connectivity index (χ2v) is 9.05. The zero-order chi connectivity index (χ0) is 23.5. The molecule has 10 nitrogen and oxygen atoms in total. The lowest BCUT2D eigenvalue weighted by molar-refractivity contribution is -0.0756. The highest BCUT2D eigenvalue weighted by Gasteiger charge is 2.49. The van der Waals surface area contributed by atoms with Gasteiger partial charge in [0.2, 0.25) is 0 Å². The summed E-state index contributed by atoms with van der Waals surface area (Å²) >= 11 is 0. The van der Waals surface area contributed by atoms with Crippen LogP contribution >= 0.6 is 0 Å². The molecule has 0 spiro atoms. The molecule has 2 heterocycles. The number of urea groups is 1. The molecule has 0 aliphatic carbocycles. The SMILES string of the molecule is CC1OC(C)(C)N(C(=O)OC(C)(C)C)C1CNC(=O)Nc1nncc(-c2ccccc2)n1. The highest BCUT2D eigenvalue weighted by Crippen LogP contribution is 2.33. The van der Waals surface area contributed by atoms with Crippen molar-refractivity contribution in [3.63, 3.8) is 0 Å². The van der Waals surface area contributed by atoms with Gasteiger partial charge in [0, 0.05) is 12.1 Å². The first-order chi connectivity index (χ1) is 15.0. The number of nitrogens with zero attached hydrogens (tertiary/aromatic N) is 4. The minimum atomic E-state index is -0.873. The minimum absolute atomic E-state index is 0.0731. The van der Waals surface area contributed by atoms with Crippen molar-refractivity contribution < 1.29 is 19.1 Å². The summed E-state index contributed by atoms with van der Waals surface area (Å²) in [7, 11) is 0. The van der Waals surface area contributed by atoms with Crippen LogP contribution in [-0.2, 0) is 9.47 Å². The van der Waals surface area contributed by atoms with Crippen molar-refractivity contribution in [2.24, 2.45) is 0 Å². The van der Waals surface area contributed by atoms with Crippen LogP contribution in [0, 0.1) is 0 Å². The van der Waals surface area contributed by atoms with Gasteiger partial charge >= 0.3 is 12.1 Å². The van der Waals surface area contributed by atoms with E-state index in [9.17, 15) is 9.59 Å². The number of amides is 3. The molecule has 1 aromatic heterocycles. The average molecular weight is 443 g/mol. The molecule has 2 atom stereocenters. The third-order valence-electron chi connectivity index (χ3n) is 4.84.